The highest BCUT2D eigenvalue weighted by Crippen LogP contribution is 2.19. The Hall–Kier alpha value is -3.38. The Labute approximate surface area is 224 Å². The summed E-state index contributed by atoms with van der Waals surface area (Å²) in [6.45, 7) is 13.9. The topological polar surface area (TPSA) is 203 Å². The van der Waals surface area contributed by atoms with E-state index in [0.717, 1.165) is 0 Å². The second kappa shape index (κ2) is 15.8. The highest BCUT2D eigenvalue weighted by molar-refractivity contribution is 5.96. The highest BCUT2D eigenvalue weighted by Gasteiger charge is 2.35. The molecule has 0 heterocycles. The van der Waals surface area contributed by atoms with Gasteiger partial charge in [-0.25, -0.2) is 9.59 Å². The van der Waals surface area contributed by atoms with Gasteiger partial charge in [-0.1, -0.05) is 48.5 Å². The average molecular weight is 544 g/mol. The first-order valence-corrected chi connectivity index (χ1v) is 12.8. The number of rotatable bonds is 15. The number of carboxylic acids is 2. The number of carbonyl (C=O) groups excluding carboxylic acids is 4. The standard InChI is InChI=1S/C25H45N5O8/c1-9-15(10-2)27-24(38)30-19(25(6,7)8)22(35)26-14(5)20(33)28-16(12-18(31)32)21(34)29-17(23(36)37)11-13(3)4/h13-17,19H,9-12H2,1-8H3,(H,26,35)(H,28,33)(H,29,34)(H,31,32)(H,36,37)(H2,27,30,38). The molecule has 0 aliphatic carbocycles. The molecule has 0 saturated carbocycles. The molecule has 38 heavy (non-hydrogen) atoms. The van der Waals surface area contributed by atoms with E-state index in [4.69, 9.17) is 0 Å². The molecule has 0 aliphatic heterocycles. The number of hydrogen-bond acceptors (Lipinski definition) is 6. The van der Waals surface area contributed by atoms with Gasteiger partial charge in [0, 0.05) is 6.04 Å². The summed E-state index contributed by atoms with van der Waals surface area (Å²) in [5.41, 5.74) is -0.723. The van der Waals surface area contributed by atoms with Crippen molar-refractivity contribution >= 4 is 35.7 Å². The molecule has 7 N–H and O–H groups in total. The Morgan fingerprint density at radius 1 is 0.711 bits per heavy atom. The fourth-order valence-corrected chi connectivity index (χ4v) is 3.53. The molecule has 0 rings (SSSR count). The summed E-state index contributed by atoms with van der Waals surface area (Å²) in [7, 11) is 0. The van der Waals surface area contributed by atoms with Crippen LogP contribution in [-0.2, 0) is 24.0 Å². The van der Waals surface area contributed by atoms with E-state index < -0.39 is 71.7 Å². The quantitative estimate of drug-likeness (QED) is 0.158. The molecular weight excluding hydrogens is 498 g/mol. The lowest BCUT2D eigenvalue weighted by atomic mass is 9.86. The zero-order valence-corrected chi connectivity index (χ0v) is 23.6. The third-order valence-corrected chi connectivity index (χ3v) is 5.81. The Morgan fingerprint density at radius 2 is 1.24 bits per heavy atom. The molecular formula is C25H45N5O8. The number of nitrogens with one attached hydrogen (secondary N) is 5. The van der Waals surface area contributed by atoms with Crippen molar-refractivity contribution in [2.75, 3.05) is 0 Å². The number of carboxylic acid groups (broad SMARTS) is 2. The molecule has 4 unspecified atom stereocenters. The van der Waals surface area contributed by atoms with Gasteiger partial charge in [0.25, 0.3) is 0 Å². The molecule has 4 atom stereocenters. The molecule has 0 aliphatic rings. The minimum absolute atomic E-state index is 0.0676. The zero-order chi connectivity index (χ0) is 29.8. The van der Waals surface area contributed by atoms with Crippen LogP contribution in [0.1, 0.15) is 81.1 Å². The molecule has 13 heteroatoms. The van der Waals surface area contributed by atoms with Crippen LogP contribution in [0.5, 0.6) is 0 Å². The van der Waals surface area contributed by atoms with E-state index in [1.54, 1.807) is 34.6 Å². The Morgan fingerprint density at radius 3 is 1.66 bits per heavy atom. The third kappa shape index (κ3) is 12.7. The summed E-state index contributed by atoms with van der Waals surface area (Å²) in [5, 5.41) is 31.0. The molecule has 0 aromatic heterocycles. The monoisotopic (exact) mass is 543 g/mol. The van der Waals surface area contributed by atoms with Crippen LogP contribution in [-0.4, -0.2) is 76.1 Å². The maximum atomic E-state index is 13.0. The van der Waals surface area contributed by atoms with Crippen molar-refractivity contribution in [3.8, 4) is 0 Å². The van der Waals surface area contributed by atoms with Crippen LogP contribution < -0.4 is 26.6 Å². The molecule has 0 aromatic rings. The van der Waals surface area contributed by atoms with Crippen molar-refractivity contribution in [1.82, 2.24) is 26.6 Å². The number of aliphatic carboxylic acids is 2. The maximum absolute atomic E-state index is 13.0. The third-order valence-electron chi connectivity index (χ3n) is 5.81. The van der Waals surface area contributed by atoms with Crippen LogP contribution in [0.25, 0.3) is 0 Å². The van der Waals surface area contributed by atoms with Crippen molar-refractivity contribution in [3.05, 3.63) is 0 Å². The lowest BCUT2D eigenvalue weighted by molar-refractivity contribution is -0.144. The zero-order valence-electron chi connectivity index (χ0n) is 23.6. The fraction of sp³-hybridized carbons (Fsp3) is 0.760. The highest BCUT2D eigenvalue weighted by atomic mass is 16.4. The molecule has 0 saturated heterocycles. The van der Waals surface area contributed by atoms with E-state index in [9.17, 15) is 39.0 Å². The normalized spacial score (nSPS) is 14.6. The van der Waals surface area contributed by atoms with Gasteiger partial charge in [-0.15, -0.1) is 0 Å². The first-order valence-electron chi connectivity index (χ1n) is 12.8. The fourth-order valence-electron chi connectivity index (χ4n) is 3.53. The SMILES string of the molecule is CCC(CC)NC(=O)NC(C(=O)NC(C)C(=O)NC(CC(=O)O)C(=O)NC(CC(C)C)C(=O)O)C(C)(C)C. The second-order valence-corrected chi connectivity index (χ2v) is 10.8. The number of amides is 5. The number of hydrogen-bond donors (Lipinski definition) is 7. The van der Waals surface area contributed by atoms with E-state index in [1.807, 2.05) is 13.8 Å². The van der Waals surface area contributed by atoms with Gasteiger partial charge in [-0.2, -0.15) is 0 Å². The summed E-state index contributed by atoms with van der Waals surface area (Å²) in [6, 6.07) is -5.66. The van der Waals surface area contributed by atoms with E-state index >= 15 is 0 Å². The van der Waals surface area contributed by atoms with Gasteiger partial charge in [-0.05, 0) is 37.5 Å². The lowest BCUT2D eigenvalue weighted by Gasteiger charge is -2.32. The Balaban J connectivity index is 5.48. The van der Waals surface area contributed by atoms with Crippen LogP contribution in [0.4, 0.5) is 4.79 Å². The predicted molar refractivity (Wildman–Crippen MR) is 140 cm³/mol. The lowest BCUT2D eigenvalue weighted by Crippen LogP contribution is -2.60. The van der Waals surface area contributed by atoms with Gasteiger partial charge >= 0.3 is 18.0 Å². The first kappa shape index (κ1) is 34.6. The van der Waals surface area contributed by atoms with Gasteiger partial charge in [0.1, 0.15) is 24.2 Å². The molecule has 5 amide bonds. The van der Waals surface area contributed by atoms with Crippen LogP contribution in [0.2, 0.25) is 0 Å². The van der Waals surface area contributed by atoms with E-state index in [0.29, 0.717) is 12.8 Å². The van der Waals surface area contributed by atoms with Crippen LogP contribution in [0.3, 0.4) is 0 Å². The van der Waals surface area contributed by atoms with Crippen LogP contribution in [0, 0.1) is 11.3 Å². The number of urea groups is 1. The molecule has 218 valence electrons. The van der Waals surface area contributed by atoms with E-state index in [2.05, 4.69) is 26.6 Å². The van der Waals surface area contributed by atoms with Gasteiger partial charge in [0.05, 0.1) is 6.42 Å². The molecule has 0 aromatic carbocycles. The van der Waals surface area contributed by atoms with Gasteiger partial charge in [0.15, 0.2) is 0 Å². The van der Waals surface area contributed by atoms with Gasteiger partial charge in [-0.3, -0.25) is 19.2 Å². The van der Waals surface area contributed by atoms with Crippen molar-refractivity contribution in [3.63, 3.8) is 0 Å². The number of carbonyl (C=O) groups is 6. The summed E-state index contributed by atoms with van der Waals surface area (Å²) in [4.78, 5) is 73.7. The summed E-state index contributed by atoms with van der Waals surface area (Å²) >= 11 is 0. The molecule has 0 bridgehead atoms. The Bertz CT molecular complexity index is 851. The van der Waals surface area contributed by atoms with E-state index in [1.165, 1.54) is 6.92 Å². The van der Waals surface area contributed by atoms with Crippen molar-refractivity contribution in [2.45, 2.75) is 111 Å². The minimum Gasteiger partial charge on any atom is -0.481 e. The van der Waals surface area contributed by atoms with Gasteiger partial charge in [0.2, 0.25) is 17.7 Å². The molecule has 0 radical (unpaired) electrons. The summed E-state index contributed by atoms with van der Waals surface area (Å²) in [5.74, 6) is -5.23. The summed E-state index contributed by atoms with van der Waals surface area (Å²) < 4.78 is 0. The van der Waals surface area contributed by atoms with Crippen LogP contribution >= 0.6 is 0 Å². The van der Waals surface area contributed by atoms with E-state index in [-0.39, 0.29) is 18.4 Å². The predicted octanol–water partition coefficient (Wildman–Crippen LogP) is 0.969. The van der Waals surface area contributed by atoms with Crippen LogP contribution in [0.15, 0.2) is 0 Å². The van der Waals surface area contributed by atoms with Crippen molar-refractivity contribution < 1.29 is 39.0 Å². The average Bonchev–Trinajstić information content (AvgIpc) is 2.78. The molecule has 0 fully saturated rings. The minimum atomic E-state index is -1.57. The van der Waals surface area contributed by atoms with Crippen molar-refractivity contribution in [1.29, 1.82) is 0 Å². The smallest absolute Gasteiger partial charge is 0.326 e. The van der Waals surface area contributed by atoms with Crippen molar-refractivity contribution in [2.24, 2.45) is 11.3 Å². The summed E-state index contributed by atoms with van der Waals surface area (Å²) in [6.07, 6.45) is 0.731. The van der Waals surface area contributed by atoms with Gasteiger partial charge < -0.3 is 36.8 Å². The molecule has 13 nitrogen and oxygen atoms in total. The largest absolute Gasteiger partial charge is 0.481 e. The maximum Gasteiger partial charge on any atom is 0.326 e. The molecule has 0 spiro atoms. The Kier molecular flexibility index (Phi) is 14.4. The first-order chi connectivity index (χ1) is 17.4. The second-order valence-electron chi connectivity index (χ2n) is 10.8.